The van der Waals surface area contributed by atoms with Crippen LogP contribution in [0.4, 0.5) is 18.0 Å². The van der Waals surface area contributed by atoms with Crippen LogP contribution in [-0.4, -0.2) is 12.6 Å². The molecule has 1 heterocycles. The quantitative estimate of drug-likeness (QED) is 0.796. The van der Waals surface area contributed by atoms with Gasteiger partial charge in [-0.3, -0.25) is 5.43 Å². The van der Waals surface area contributed by atoms with Crippen molar-refractivity contribution in [2.24, 2.45) is 0 Å². The molecule has 0 spiro atoms. The lowest BCUT2D eigenvalue weighted by Crippen LogP contribution is -2.46. The minimum absolute atomic E-state index is 0.303. The number of hydrogen-bond acceptors (Lipinski definition) is 3. The van der Waals surface area contributed by atoms with Crippen LogP contribution in [0.15, 0.2) is 24.3 Å². The van der Waals surface area contributed by atoms with Gasteiger partial charge in [-0.15, -0.1) is 0 Å². The second-order valence-corrected chi connectivity index (χ2v) is 3.52. The fourth-order valence-corrected chi connectivity index (χ4v) is 1.49. The molecule has 1 aliphatic rings. The number of halogens is 3. The number of amides is 1. The second-order valence-electron chi connectivity index (χ2n) is 3.52. The fraction of sp³-hybridized carbons (Fsp3) is 0.300. The molecule has 1 amide bonds. The zero-order valence-corrected chi connectivity index (χ0v) is 8.54. The molecule has 1 saturated heterocycles. The lowest BCUT2D eigenvalue weighted by Gasteiger charge is -2.24. The van der Waals surface area contributed by atoms with Gasteiger partial charge in [-0.2, -0.15) is 13.2 Å². The molecule has 1 aliphatic heterocycles. The van der Waals surface area contributed by atoms with Gasteiger partial charge in [0.05, 0.1) is 12.1 Å². The number of benzene rings is 1. The summed E-state index contributed by atoms with van der Waals surface area (Å²) in [5, 5.41) is 0. The monoisotopic (exact) mass is 246 g/mol. The van der Waals surface area contributed by atoms with Crippen molar-refractivity contribution in [3.05, 3.63) is 35.4 Å². The minimum atomic E-state index is -4.36. The molecule has 1 fully saturated rings. The molecule has 1 aromatic rings. The summed E-state index contributed by atoms with van der Waals surface area (Å²) in [6, 6.07) is 4.53. The van der Waals surface area contributed by atoms with Crippen molar-refractivity contribution in [1.29, 1.82) is 0 Å². The Bertz CT molecular complexity index is 417. The molecule has 1 aromatic carbocycles. The smallest absolute Gasteiger partial charge is 0.422 e. The number of ether oxygens (including phenoxy) is 1. The fourth-order valence-electron chi connectivity index (χ4n) is 1.49. The highest BCUT2D eigenvalue weighted by Crippen LogP contribution is 2.30. The standard InChI is InChI=1S/C10H9F3N2O2/c11-10(12,13)7-3-1-6(2-4-7)8-5-14-15-9(16)17-8/h1-4,8,14H,5H2,(H,15,16). The third kappa shape index (κ3) is 2.68. The van der Waals surface area contributed by atoms with Crippen LogP contribution in [0.25, 0.3) is 0 Å². The zero-order valence-electron chi connectivity index (χ0n) is 8.54. The first-order chi connectivity index (χ1) is 7.97. The van der Waals surface area contributed by atoms with E-state index >= 15 is 0 Å². The van der Waals surface area contributed by atoms with Gasteiger partial charge in [0.1, 0.15) is 6.10 Å². The Morgan fingerprint density at radius 2 is 1.88 bits per heavy atom. The van der Waals surface area contributed by atoms with Gasteiger partial charge in [0.25, 0.3) is 0 Å². The maximum absolute atomic E-state index is 12.3. The van der Waals surface area contributed by atoms with Crippen molar-refractivity contribution >= 4 is 6.09 Å². The Labute approximate surface area is 94.7 Å². The van der Waals surface area contributed by atoms with E-state index in [0.29, 0.717) is 12.1 Å². The van der Waals surface area contributed by atoms with E-state index < -0.39 is 23.9 Å². The van der Waals surface area contributed by atoms with Gasteiger partial charge in [0.15, 0.2) is 0 Å². The van der Waals surface area contributed by atoms with E-state index in [0.717, 1.165) is 12.1 Å². The summed E-state index contributed by atoms with van der Waals surface area (Å²) in [6.07, 6.45) is -5.59. The molecule has 17 heavy (non-hydrogen) atoms. The number of cyclic esters (lactones) is 1. The zero-order chi connectivity index (χ0) is 12.5. The number of carbonyl (C=O) groups excluding carboxylic acids is 1. The molecule has 0 saturated carbocycles. The first-order valence-corrected chi connectivity index (χ1v) is 4.83. The average Bonchev–Trinajstić information content (AvgIpc) is 2.28. The number of alkyl halides is 3. The molecule has 0 radical (unpaired) electrons. The van der Waals surface area contributed by atoms with E-state index in [1.54, 1.807) is 0 Å². The van der Waals surface area contributed by atoms with Crippen LogP contribution in [0, 0.1) is 0 Å². The summed E-state index contributed by atoms with van der Waals surface area (Å²) < 4.78 is 41.9. The molecular weight excluding hydrogens is 237 g/mol. The van der Waals surface area contributed by atoms with Gasteiger partial charge >= 0.3 is 12.3 Å². The molecule has 4 nitrogen and oxygen atoms in total. The van der Waals surface area contributed by atoms with Gasteiger partial charge in [0.2, 0.25) is 0 Å². The van der Waals surface area contributed by atoms with E-state index in [4.69, 9.17) is 4.74 Å². The maximum Gasteiger partial charge on any atom is 0.422 e. The Kier molecular flexibility index (Phi) is 2.93. The third-order valence-corrected chi connectivity index (χ3v) is 2.34. The molecule has 1 unspecified atom stereocenters. The van der Waals surface area contributed by atoms with Gasteiger partial charge < -0.3 is 4.74 Å². The SMILES string of the molecule is O=C1NNCC(c2ccc(C(F)(F)F)cc2)O1. The number of hydrazine groups is 1. The van der Waals surface area contributed by atoms with E-state index in [-0.39, 0.29) is 0 Å². The van der Waals surface area contributed by atoms with Gasteiger partial charge in [-0.05, 0) is 17.7 Å². The summed E-state index contributed by atoms with van der Waals surface area (Å²) in [5.74, 6) is 0. The number of rotatable bonds is 1. The molecular formula is C10H9F3N2O2. The van der Waals surface area contributed by atoms with E-state index in [1.807, 2.05) is 0 Å². The Morgan fingerprint density at radius 1 is 1.24 bits per heavy atom. The number of hydrogen-bond donors (Lipinski definition) is 2. The summed E-state index contributed by atoms with van der Waals surface area (Å²) in [6.45, 7) is 0.303. The predicted molar refractivity (Wildman–Crippen MR) is 51.8 cm³/mol. The third-order valence-electron chi connectivity index (χ3n) is 2.34. The van der Waals surface area contributed by atoms with Crippen LogP contribution in [0.2, 0.25) is 0 Å². The molecule has 92 valence electrons. The van der Waals surface area contributed by atoms with Crippen molar-refractivity contribution < 1.29 is 22.7 Å². The topological polar surface area (TPSA) is 50.4 Å². The van der Waals surface area contributed by atoms with Crippen LogP contribution in [0.5, 0.6) is 0 Å². The molecule has 2 rings (SSSR count). The van der Waals surface area contributed by atoms with Crippen molar-refractivity contribution in [3.63, 3.8) is 0 Å². The Balaban J connectivity index is 2.15. The summed E-state index contributed by atoms with van der Waals surface area (Å²) in [7, 11) is 0. The Hall–Kier alpha value is -1.76. The highest BCUT2D eigenvalue weighted by molar-refractivity contribution is 5.67. The first kappa shape index (κ1) is 11.7. The molecule has 0 bridgehead atoms. The normalized spacial score (nSPS) is 20.6. The predicted octanol–water partition coefficient (Wildman–Crippen LogP) is 1.99. The van der Waals surface area contributed by atoms with Crippen LogP contribution in [-0.2, 0) is 10.9 Å². The van der Waals surface area contributed by atoms with Crippen molar-refractivity contribution in [2.45, 2.75) is 12.3 Å². The molecule has 0 aromatic heterocycles. The van der Waals surface area contributed by atoms with Gasteiger partial charge in [-0.1, -0.05) is 12.1 Å². The molecule has 7 heteroatoms. The molecule has 1 atom stereocenters. The van der Waals surface area contributed by atoms with E-state index in [9.17, 15) is 18.0 Å². The largest absolute Gasteiger partial charge is 0.439 e. The van der Waals surface area contributed by atoms with Crippen LogP contribution >= 0.6 is 0 Å². The van der Waals surface area contributed by atoms with Gasteiger partial charge in [-0.25, -0.2) is 10.2 Å². The lowest BCUT2D eigenvalue weighted by molar-refractivity contribution is -0.137. The molecule has 2 N–H and O–H groups in total. The number of nitrogens with one attached hydrogen (secondary N) is 2. The highest BCUT2D eigenvalue weighted by atomic mass is 19.4. The van der Waals surface area contributed by atoms with Crippen molar-refractivity contribution in [1.82, 2.24) is 10.9 Å². The average molecular weight is 246 g/mol. The van der Waals surface area contributed by atoms with Crippen molar-refractivity contribution in [2.75, 3.05) is 6.54 Å². The summed E-state index contributed by atoms with van der Waals surface area (Å²) in [4.78, 5) is 10.9. The Morgan fingerprint density at radius 3 is 2.41 bits per heavy atom. The maximum atomic E-state index is 12.3. The van der Waals surface area contributed by atoms with Crippen LogP contribution in [0.1, 0.15) is 17.2 Å². The highest BCUT2D eigenvalue weighted by Gasteiger charge is 2.30. The van der Waals surface area contributed by atoms with E-state index in [2.05, 4.69) is 10.9 Å². The first-order valence-electron chi connectivity index (χ1n) is 4.83. The minimum Gasteiger partial charge on any atom is -0.439 e. The van der Waals surface area contributed by atoms with Crippen LogP contribution < -0.4 is 10.9 Å². The van der Waals surface area contributed by atoms with Gasteiger partial charge in [0, 0.05) is 0 Å². The lowest BCUT2D eigenvalue weighted by atomic mass is 10.1. The molecule has 0 aliphatic carbocycles. The summed E-state index contributed by atoms with van der Waals surface area (Å²) >= 11 is 0. The summed E-state index contributed by atoms with van der Waals surface area (Å²) in [5.41, 5.74) is 4.59. The van der Waals surface area contributed by atoms with E-state index in [1.165, 1.54) is 12.1 Å². The van der Waals surface area contributed by atoms with Crippen LogP contribution in [0.3, 0.4) is 0 Å². The van der Waals surface area contributed by atoms with Crippen molar-refractivity contribution in [3.8, 4) is 0 Å². The number of carbonyl (C=O) groups is 1. The second kappa shape index (κ2) is 4.25.